The summed E-state index contributed by atoms with van der Waals surface area (Å²) in [6, 6.07) is 3.89. The Morgan fingerprint density at radius 3 is 2.55 bits per heavy atom. The number of benzene rings is 1. The van der Waals surface area contributed by atoms with Crippen molar-refractivity contribution in [1.82, 2.24) is 5.16 Å². The Kier molecular flexibility index (Phi) is 4.18. The number of aromatic nitrogens is 1. The summed E-state index contributed by atoms with van der Waals surface area (Å²) >= 11 is 0. The Labute approximate surface area is 127 Å². The Morgan fingerprint density at radius 2 is 2.05 bits per heavy atom. The maximum absolute atomic E-state index is 11.7. The van der Waals surface area contributed by atoms with E-state index in [1.165, 1.54) is 18.2 Å². The highest BCUT2D eigenvalue weighted by atomic mass is 32.2. The van der Waals surface area contributed by atoms with Gasteiger partial charge in [-0.3, -0.25) is 10.1 Å². The summed E-state index contributed by atoms with van der Waals surface area (Å²) in [5.41, 5.74) is 1.62. The largest absolute Gasteiger partial charge is 0.381 e. The van der Waals surface area contributed by atoms with Crippen molar-refractivity contribution in [2.24, 2.45) is 0 Å². The van der Waals surface area contributed by atoms with Gasteiger partial charge in [-0.2, -0.15) is 0 Å². The zero-order valence-corrected chi connectivity index (χ0v) is 13.1. The molecular formula is C13H15N3O5S. The number of hydrogen-bond acceptors (Lipinski definition) is 7. The number of sulfone groups is 1. The van der Waals surface area contributed by atoms with Gasteiger partial charge in [0.15, 0.2) is 9.84 Å². The molecule has 0 atom stereocenters. The van der Waals surface area contributed by atoms with Crippen LogP contribution in [0.25, 0.3) is 0 Å². The molecule has 0 bridgehead atoms. The minimum atomic E-state index is -3.70. The molecule has 118 valence electrons. The third-order valence-corrected chi connectivity index (χ3v) is 4.33. The van der Waals surface area contributed by atoms with Crippen LogP contribution in [0.1, 0.15) is 17.0 Å². The zero-order chi connectivity index (χ0) is 16.5. The molecule has 1 N–H and O–H groups in total. The first-order valence-corrected chi connectivity index (χ1v) is 8.23. The molecule has 0 spiro atoms. The molecule has 1 aromatic heterocycles. The highest BCUT2D eigenvalue weighted by Crippen LogP contribution is 2.27. The van der Waals surface area contributed by atoms with Gasteiger partial charge in [0, 0.05) is 30.1 Å². The standard InChI is InChI=1S/C13H15N3O5S/c1-8-11(9(2)21-15-8)7-14-10-4-5-12(16(17)18)13(6-10)22(3,19)20/h4-6,14H,7H2,1-3H3. The normalized spacial score (nSPS) is 11.4. The lowest BCUT2D eigenvalue weighted by atomic mass is 10.2. The fraction of sp³-hybridized carbons (Fsp3) is 0.308. The van der Waals surface area contributed by atoms with Gasteiger partial charge in [-0.1, -0.05) is 5.16 Å². The predicted octanol–water partition coefficient (Wildman–Crippen LogP) is 2.22. The molecule has 0 unspecified atom stereocenters. The number of rotatable bonds is 5. The molecule has 22 heavy (non-hydrogen) atoms. The van der Waals surface area contributed by atoms with Gasteiger partial charge in [0.25, 0.3) is 5.69 Å². The van der Waals surface area contributed by atoms with Gasteiger partial charge < -0.3 is 9.84 Å². The fourth-order valence-corrected chi connectivity index (χ4v) is 2.88. The zero-order valence-electron chi connectivity index (χ0n) is 12.3. The molecule has 2 rings (SSSR count). The molecule has 0 saturated heterocycles. The molecule has 8 nitrogen and oxygen atoms in total. The molecule has 0 amide bonds. The van der Waals surface area contributed by atoms with Crippen molar-refractivity contribution in [3.63, 3.8) is 0 Å². The number of aryl methyl sites for hydroxylation is 2. The number of anilines is 1. The summed E-state index contributed by atoms with van der Waals surface area (Å²) < 4.78 is 28.4. The summed E-state index contributed by atoms with van der Waals surface area (Å²) in [5, 5.41) is 17.8. The highest BCUT2D eigenvalue weighted by Gasteiger charge is 2.22. The van der Waals surface area contributed by atoms with Crippen LogP contribution in [-0.2, 0) is 16.4 Å². The Morgan fingerprint density at radius 1 is 1.36 bits per heavy atom. The lowest BCUT2D eigenvalue weighted by Gasteiger charge is -2.08. The molecule has 0 radical (unpaired) electrons. The lowest BCUT2D eigenvalue weighted by molar-refractivity contribution is -0.387. The summed E-state index contributed by atoms with van der Waals surface area (Å²) in [6.45, 7) is 3.95. The van der Waals surface area contributed by atoms with Crippen LogP contribution in [0.5, 0.6) is 0 Å². The molecular weight excluding hydrogens is 310 g/mol. The highest BCUT2D eigenvalue weighted by molar-refractivity contribution is 7.90. The molecule has 2 aromatic rings. The SMILES string of the molecule is Cc1noc(C)c1CNc1ccc([N+](=O)[O-])c(S(C)(=O)=O)c1. The third-order valence-electron chi connectivity index (χ3n) is 3.21. The topological polar surface area (TPSA) is 115 Å². The minimum Gasteiger partial charge on any atom is -0.381 e. The Hall–Kier alpha value is -2.42. The van der Waals surface area contributed by atoms with E-state index in [0.717, 1.165) is 17.5 Å². The monoisotopic (exact) mass is 325 g/mol. The van der Waals surface area contributed by atoms with Crippen LogP contribution < -0.4 is 5.32 Å². The number of nitrogens with zero attached hydrogens (tertiary/aromatic N) is 2. The smallest absolute Gasteiger partial charge is 0.288 e. The van der Waals surface area contributed by atoms with Crippen molar-refractivity contribution in [2.45, 2.75) is 25.3 Å². The Balaban J connectivity index is 2.32. The molecule has 0 aliphatic rings. The molecule has 9 heteroatoms. The first-order valence-electron chi connectivity index (χ1n) is 6.34. The quantitative estimate of drug-likeness (QED) is 0.662. The molecule has 0 fully saturated rings. The van der Waals surface area contributed by atoms with E-state index in [9.17, 15) is 18.5 Å². The van der Waals surface area contributed by atoms with Gasteiger partial charge in [-0.25, -0.2) is 8.42 Å². The summed E-state index contributed by atoms with van der Waals surface area (Å²) in [5.74, 6) is 0.662. The third kappa shape index (κ3) is 3.25. The van der Waals surface area contributed by atoms with E-state index in [1.807, 2.05) is 0 Å². The van der Waals surface area contributed by atoms with Crippen LogP contribution in [0.4, 0.5) is 11.4 Å². The summed E-state index contributed by atoms with van der Waals surface area (Å²) in [7, 11) is -3.70. The van der Waals surface area contributed by atoms with Crippen molar-refractivity contribution in [2.75, 3.05) is 11.6 Å². The van der Waals surface area contributed by atoms with E-state index < -0.39 is 20.4 Å². The van der Waals surface area contributed by atoms with Crippen LogP contribution in [0.15, 0.2) is 27.6 Å². The molecule has 1 heterocycles. The fourth-order valence-electron chi connectivity index (χ4n) is 2.02. The van der Waals surface area contributed by atoms with E-state index in [2.05, 4.69) is 10.5 Å². The molecule has 1 aromatic carbocycles. The van der Waals surface area contributed by atoms with Gasteiger partial charge >= 0.3 is 0 Å². The van der Waals surface area contributed by atoms with Gasteiger partial charge in [-0.05, 0) is 26.0 Å². The van der Waals surface area contributed by atoms with Gasteiger partial charge in [0.1, 0.15) is 10.7 Å². The van der Waals surface area contributed by atoms with Crippen LogP contribution in [0.3, 0.4) is 0 Å². The van der Waals surface area contributed by atoms with E-state index in [4.69, 9.17) is 4.52 Å². The molecule has 0 saturated carbocycles. The van der Waals surface area contributed by atoms with Crippen LogP contribution >= 0.6 is 0 Å². The second kappa shape index (κ2) is 5.76. The van der Waals surface area contributed by atoms with E-state index in [1.54, 1.807) is 13.8 Å². The predicted molar refractivity (Wildman–Crippen MR) is 79.5 cm³/mol. The first kappa shape index (κ1) is 16.0. The van der Waals surface area contributed by atoms with Crippen LogP contribution in [0.2, 0.25) is 0 Å². The van der Waals surface area contributed by atoms with E-state index in [-0.39, 0.29) is 4.90 Å². The Bertz CT molecular complexity index is 807. The van der Waals surface area contributed by atoms with E-state index >= 15 is 0 Å². The number of nitro groups is 1. The first-order chi connectivity index (χ1) is 10.2. The van der Waals surface area contributed by atoms with Crippen molar-refractivity contribution in [1.29, 1.82) is 0 Å². The maximum atomic E-state index is 11.7. The van der Waals surface area contributed by atoms with Crippen molar-refractivity contribution >= 4 is 21.2 Å². The van der Waals surface area contributed by atoms with Gasteiger partial charge in [0.2, 0.25) is 0 Å². The second-order valence-corrected chi connectivity index (χ2v) is 6.85. The van der Waals surface area contributed by atoms with E-state index in [0.29, 0.717) is 18.0 Å². The van der Waals surface area contributed by atoms with Crippen molar-refractivity contribution in [3.05, 3.63) is 45.3 Å². The average Bonchev–Trinajstić information content (AvgIpc) is 2.74. The summed E-state index contributed by atoms with van der Waals surface area (Å²) in [4.78, 5) is 9.88. The maximum Gasteiger partial charge on any atom is 0.288 e. The number of hydrogen-bond donors (Lipinski definition) is 1. The van der Waals surface area contributed by atoms with Crippen molar-refractivity contribution in [3.8, 4) is 0 Å². The van der Waals surface area contributed by atoms with Gasteiger partial charge in [0.05, 0.1) is 10.6 Å². The lowest BCUT2D eigenvalue weighted by Crippen LogP contribution is -2.06. The number of nitrogens with one attached hydrogen (secondary N) is 1. The second-order valence-electron chi connectivity index (χ2n) is 4.87. The minimum absolute atomic E-state index is 0.318. The summed E-state index contributed by atoms with van der Waals surface area (Å²) in [6.07, 6.45) is 0.938. The average molecular weight is 325 g/mol. The van der Waals surface area contributed by atoms with Gasteiger partial charge in [-0.15, -0.1) is 0 Å². The number of nitro benzene ring substituents is 1. The van der Waals surface area contributed by atoms with Crippen LogP contribution in [-0.4, -0.2) is 24.8 Å². The van der Waals surface area contributed by atoms with Crippen LogP contribution in [0, 0.1) is 24.0 Å². The van der Waals surface area contributed by atoms with Crippen molar-refractivity contribution < 1.29 is 17.9 Å². The molecule has 0 aliphatic heterocycles. The molecule has 0 aliphatic carbocycles.